The van der Waals surface area contributed by atoms with E-state index in [9.17, 15) is 4.79 Å². The average molecular weight is 677 g/mol. The summed E-state index contributed by atoms with van der Waals surface area (Å²) >= 11 is 0. The molecule has 0 amide bonds. The number of rotatable bonds is 12. The maximum absolute atomic E-state index is 12.9. The third kappa shape index (κ3) is 7.32. The van der Waals surface area contributed by atoms with Crippen LogP contribution in [0.4, 0.5) is 0 Å². The van der Waals surface area contributed by atoms with Crippen LogP contribution >= 0.6 is 0 Å². The highest BCUT2D eigenvalue weighted by molar-refractivity contribution is 6.99. The van der Waals surface area contributed by atoms with Crippen molar-refractivity contribution in [3.8, 4) is 0 Å². The Morgan fingerprint density at radius 3 is 2.00 bits per heavy atom. The number of carbonyl (C=O) groups excluding carboxylic acids is 1. The summed E-state index contributed by atoms with van der Waals surface area (Å²) in [5.41, 5.74) is -0.571. The van der Waals surface area contributed by atoms with Crippen LogP contribution in [0.1, 0.15) is 61.8 Å². The van der Waals surface area contributed by atoms with Gasteiger partial charge in [0, 0.05) is 13.5 Å². The van der Waals surface area contributed by atoms with Crippen LogP contribution in [0.2, 0.25) is 23.2 Å². The summed E-state index contributed by atoms with van der Waals surface area (Å²) in [6.45, 7) is 23.4. The zero-order chi connectivity index (χ0) is 34.7. The van der Waals surface area contributed by atoms with Gasteiger partial charge in [0.25, 0.3) is 8.32 Å². The summed E-state index contributed by atoms with van der Waals surface area (Å²) in [5, 5.41) is 2.44. The van der Waals surface area contributed by atoms with E-state index in [0.29, 0.717) is 25.4 Å². The lowest BCUT2D eigenvalue weighted by Gasteiger charge is -2.49. The molecule has 0 saturated heterocycles. The Balaban J connectivity index is 1.78. The zero-order valence-electron chi connectivity index (χ0n) is 30.4. The topological polar surface area (TPSA) is 63.2 Å². The molecule has 3 atom stereocenters. The molecule has 6 nitrogen and oxygen atoms in total. The number of benzene rings is 2. The van der Waals surface area contributed by atoms with Crippen molar-refractivity contribution >= 4 is 33.0 Å². The van der Waals surface area contributed by atoms with Crippen LogP contribution in [0.5, 0.6) is 0 Å². The second kappa shape index (κ2) is 14.0. The van der Waals surface area contributed by atoms with Crippen molar-refractivity contribution < 1.29 is 27.9 Å². The van der Waals surface area contributed by atoms with E-state index in [0.717, 1.165) is 0 Å². The van der Waals surface area contributed by atoms with Crippen molar-refractivity contribution in [2.24, 2.45) is 11.3 Å². The SMILES string of the molecule is COCOC1=CC(=O)O[C@]12C[C@H](C)C(CO[Si](c1ccccc1)(c1ccccc1)C(C)(C)C)=C[C@]2(C)/C=C/CO[Si](C)(C)C(C)(C)C. The lowest BCUT2D eigenvalue weighted by Crippen LogP contribution is -2.66. The molecule has 0 fully saturated rings. The summed E-state index contributed by atoms with van der Waals surface area (Å²) in [5.74, 6) is 0.149. The fourth-order valence-corrected chi connectivity index (χ4v) is 12.3. The van der Waals surface area contributed by atoms with Gasteiger partial charge in [0.1, 0.15) is 0 Å². The molecule has 0 unspecified atom stereocenters. The molecule has 0 saturated carbocycles. The fourth-order valence-electron chi connectivity index (χ4n) is 6.79. The molecule has 2 aliphatic rings. The molecule has 8 heteroatoms. The largest absolute Gasteiger partial charge is 0.467 e. The molecule has 1 spiro atoms. The van der Waals surface area contributed by atoms with Gasteiger partial charge >= 0.3 is 5.97 Å². The predicted octanol–water partition coefficient (Wildman–Crippen LogP) is 7.91. The molecule has 0 radical (unpaired) electrons. The number of ether oxygens (including phenoxy) is 3. The number of methoxy groups -OCH3 is 1. The van der Waals surface area contributed by atoms with Gasteiger partial charge in [-0.25, -0.2) is 4.79 Å². The summed E-state index contributed by atoms with van der Waals surface area (Å²) in [6, 6.07) is 21.4. The van der Waals surface area contributed by atoms with E-state index in [2.05, 4.69) is 147 Å². The molecule has 47 heavy (non-hydrogen) atoms. The number of esters is 1. The van der Waals surface area contributed by atoms with E-state index in [-0.39, 0.29) is 22.8 Å². The van der Waals surface area contributed by atoms with E-state index in [4.69, 9.17) is 23.1 Å². The minimum Gasteiger partial charge on any atom is -0.467 e. The quantitative estimate of drug-likeness (QED) is 0.0986. The van der Waals surface area contributed by atoms with Crippen molar-refractivity contribution in [1.82, 2.24) is 0 Å². The minimum atomic E-state index is -2.77. The Morgan fingerprint density at radius 1 is 0.915 bits per heavy atom. The lowest BCUT2D eigenvalue weighted by atomic mass is 9.62. The molecule has 256 valence electrons. The lowest BCUT2D eigenvalue weighted by molar-refractivity contribution is -0.161. The summed E-state index contributed by atoms with van der Waals surface area (Å²) in [6.07, 6.45) is 8.49. The summed E-state index contributed by atoms with van der Waals surface area (Å²) in [4.78, 5) is 12.9. The van der Waals surface area contributed by atoms with Crippen LogP contribution in [0.25, 0.3) is 0 Å². The molecule has 2 aromatic carbocycles. The van der Waals surface area contributed by atoms with Gasteiger partial charge in [-0.3, -0.25) is 0 Å². The average Bonchev–Trinajstić information content (AvgIpc) is 3.32. The van der Waals surface area contributed by atoms with Crippen LogP contribution in [-0.2, 0) is 27.9 Å². The highest BCUT2D eigenvalue weighted by Gasteiger charge is 2.59. The Morgan fingerprint density at radius 2 is 1.49 bits per heavy atom. The standard InChI is InChI=1S/C39H56O6Si2/c1-30-26-39(34(42-29-41-9)25-35(40)45-39)38(8,23-18-24-43-46(10,11)36(2,3)4)27-31(30)28-44-47(37(5,6)7,32-19-14-12-15-20-32)33-21-16-13-17-22-33/h12-23,25,27,30H,24,26,28-29H2,1-11H3/b23-18+/t30-,38-,39+/m0/s1. The van der Waals surface area contributed by atoms with Crippen molar-refractivity contribution in [3.63, 3.8) is 0 Å². The van der Waals surface area contributed by atoms with E-state index >= 15 is 0 Å². The van der Waals surface area contributed by atoms with Crippen LogP contribution in [0, 0.1) is 11.3 Å². The molecule has 0 aromatic heterocycles. The van der Waals surface area contributed by atoms with E-state index < -0.39 is 33.6 Å². The van der Waals surface area contributed by atoms with Gasteiger partial charge in [-0.1, -0.05) is 127 Å². The van der Waals surface area contributed by atoms with Crippen molar-refractivity contribution in [2.45, 2.75) is 90.6 Å². The Kier molecular flexibility index (Phi) is 11.0. The summed E-state index contributed by atoms with van der Waals surface area (Å²) in [7, 11) is -3.16. The monoisotopic (exact) mass is 676 g/mol. The van der Waals surface area contributed by atoms with Crippen molar-refractivity contribution in [3.05, 3.63) is 96.3 Å². The molecule has 1 aliphatic heterocycles. The van der Waals surface area contributed by atoms with Gasteiger partial charge in [-0.2, -0.15) is 0 Å². The van der Waals surface area contributed by atoms with Crippen LogP contribution in [0.3, 0.4) is 0 Å². The van der Waals surface area contributed by atoms with Crippen LogP contribution in [-0.4, -0.2) is 55.3 Å². The Labute approximate surface area is 285 Å². The fraction of sp³-hybridized carbons (Fsp3) is 0.513. The van der Waals surface area contributed by atoms with Crippen LogP contribution < -0.4 is 10.4 Å². The number of hydrogen-bond acceptors (Lipinski definition) is 6. The van der Waals surface area contributed by atoms with Crippen molar-refractivity contribution in [1.29, 1.82) is 0 Å². The highest BCUT2D eigenvalue weighted by Crippen LogP contribution is 2.54. The normalized spacial score (nSPS) is 24.0. The maximum Gasteiger partial charge on any atom is 0.335 e. The van der Waals surface area contributed by atoms with Gasteiger partial charge in [0.2, 0.25) is 0 Å². The third-order valence-electron chi connectivity index (χ3n) is 10.5. The number of carbonyl (C=O) groups is 1. The second-order valence-electron chi connectivity index (χ2n) is 15.8. The first-order valence-corrected chi connectivity index (χ1v) is 21.6. The molecule has 4 rings (SSSR count). The Bertz CT molecular complexity index is 1430. The molecular weight excluding hydrogens is 621 g/mol. The van der Waals surface area contributed by atoms with E-state index in [1.165, 1.54) is 22.0 Å². The van der Waals surface area contributed by atoms with Gasteiger partial charge in [0.05, 0.1) is 24.7 Å². The minimum absolute atomic E-state index is 0.0282. The Hall–Kier alpha value is -2.76. The first kappa shape index (κ1) is 37.1. The predicted molar refractivity (Wildman–Crippen MR) is 196 cm³/mol. The van der Waals surface area contributed by atoms with Crippen LogP contribution in [0.15, 0.2) is 96.3 Å². The first-order chi connectivity index (χ1) is 21.9. The molecular formula is C39H56O6Si2. The van der Waals surface area contributed by atoms with E-state index in [1.54, 1.807) is 7.11 Å². The smallest absolute Gasteiger partial charge is 0.335 e. The van der Waals surface area contributed by atoms with E-state index in [1.807, 2.05) is 0 Å². The van der Waals surface area contributed by atoms with Gasteiger partial charge in [-0.15, -0.1) is 0 Å². The van der Waals surface area contributed by atoms with Gasteiger partial charge in [0.15, 0.2) is 26.5 Å². The van der Waals surface area contributed by atoms with Gasteiger partial charge < -0.3 is 23.1 Å². The molecule has 0 N–H and O–H groups in total. The molecule has 2 aromatic rings. The third-order valence-corrected chi connectivity index (χ3v) is 20.0. The highest BCUT2D eigenvalue weighted by atomic mass is 28.4. The molecule has 0 bridgehead atoms. The van der Waals surface area contributed by atoms with Crippen molar-refractivity contribution in [2.75, 3.05) is 27.1 Å². The zero-order valence-corrected chi connectivity index (χ0v) is 32.4. The number of hydrogen-bond donors (Lipinski definition) is 0. The first-order valence-electron chi connectivity index (χ1n) is 16.8. The van der Waals surface area contributed by atoms with Gasteiger partial charge in [-0.05, 0) is 52.0 Å². The maximum atomic E-state index is 12.9. The molecule has 1 heterocycles. The second-order valence-corrected chi connectivity index (χ2v) is 25.0. The molecule has 1 aliphatic carbocycles. The summed E-state index contributed by atoms with van der Waals surface area (Å²) < 4.78 is 31.5.